The highest BCUT2D eigenvalue weighted by Gasteiger charge is 2.17. The fourth-order valence-corrected chi connectivity index (χ4v) is 1.28. The van der Waals surface area contributed by atoms with Gasteiger partial charge < -0.3 is 15.6 Å². The van der Waals surface area contributed by atoms with Crippen LogP contribution < -0.4 is 5.73 Å². The minimum absolute atomic E-state index is 0.103. The van der Waals surface area contributed by atoms with Gasteiger partial charge in [-0.15, -0.1) is 0 Å². The van der Waals surface area contributed by atoms with Crippen molar-refractivity contribution in [1.29, 1.82) is 0 Å². The number of carboxylic acid groups (broad SMARTS) is 1. The number of carbonyl (C=O) groups is 2. The fraction of sp³-hybridized carbons (Fsp3) is 0.300. The number of anilines is 1. The van der Waals surface area contributed by atoms with E-state index < -0.39 is 11.9 Å². The molecule has 0 spiro atoms. The van der Waals surface area contributed by atoms with Crippen LogP contribution in [0.1, 0.15) is 22.8 Å². The van der Waals surface area contributed by atoms with Gasteiger partial charge in [0.1, 0.15) is 11.4 Å². The van der Waals surface area contributed by atoms with E-state index in [1.807, 2.05) is 0 Å². The highest BCUT2D eigenvalue weighted by atomic mass is 16.5. The van der Waals surface area contributed by atoms with Gasteiger partial charge in [-0.25, -0.2) is 9.78 Å². The van der Waals surface area contributed by atoms with Gasteiger partial charge in [0.2, 0.25) is 0 Å². The number of rotatable bonds is 4. The molecule has 1 heterocycles. The van der Waals surface area contributed by atoms with E-state index in [1.165, 1.54) is 12.3 Å². The van der Waals surface area contributed by atoms with Crippen molar-refractivity contribution in [2.45, 2.75) is 13.3 Å². The molecular formula is C10H12N2O4. The zero-order valence-corrected chi connectivity index (χ0v) is 8.77. The summed E-state index contributed by atoms with van der Waals surface area (Å²) in [5.74, 6) is -1.80. The van der Waals surface area contributed by atoms with Crippen LogP contribution >= 0.6 is 0 Å². The third kappa shape index (κ3) is 2.69. The summed E-state index contributed by atoms with van der Waals surface area (Å²) in [6.07, 6.45) is 1.23. The van der Waals surface area contributed by atoms with E-state index in [-0.39, 0.29) is 24.4 Å². The van der Waals surface area contributed by atoms with Crippen molar-refractivity contribution in [1.82, 2.24) is 4.98 Å². The molecule has 0 bridgehead atoms. The third-order valence-corrected chi connectivity index (χ3v) is 1.92. The Bertz CT molecular complexity index is 417. The van der Waals surface area contributed by atoms with Crippen LogP contribution in [0.4, 0.5) is 5.82 Å². The summed E-state index contributed by atoms with van der Waals surface area (Å²) < 4.78 is 4.73. The maximum absolute atomic E-state index is 11.2. The number of carbonyl (C=O) groups excluding carboxylic acids is 1. The smallest absolute Gasteiger partial charge is 0.339 e. The van der Waals surface area contributed by atoms with Gasteiger partial charge in [-0.05, 0) is 18.6 Å². The number of hydrogen-bond acceptors (Lipinski definition) is 5. The molecule has 0 atom stereocenters. The van der Waals surface area contributed by atoms with Gasteiger partial charge in [-0.3, -0.25) is 4.79 Å². The number of nitrogens with two attached hydrogens (primary N) is 1. The Labute approximate surface area is 92.0 Å². The monoisotopic (exact) mass is 224 g/mol. The maximum Gasteiger partial charge on any atom is 0.339 e. The van der Waals surface area contributed by atoms with E-state index in [1.54, 1.807) is 6.92 Å². The van der Waals surface area contributed by atoms with Crippen LogP contribution in [0, 0.1) is 0 Å². The second kappa shape index (κ2) is 5.11. The second-order valence-electron chi connectivity index (χ2n) is 3.02. The van der Waals surface area contributed by atoms with E-state index in [2.05, 4.69) is 4.98 Å². The van der Waals surface area contributed by atoms with E-state index in [0.717, 1.165) is 0 Å². The molecule has 0 aliphatic carbocycles. The molecule has 0 saturated carbocycles. The Hall–Kier alpha value is -2.11. The van der Waals surface area contributed by atoms with Gasteiger partial charge in [-0.2, -0.15) is 0 Å². The first-order valence-corrected chi connectivity index (χ1v) is 4.68. The molecular weight excluding hydrogens is 212 g/mol. The summed E-state index contributed by atoms with van der Waals surface area (Å²) in [4.78, 5) is 25.8. The van der Waals surface area contributed by atoms with Crippen molar-refractivity contribution in [2.75, 3.05) is 12.3 Å². The summed E-state index contributed by atoms with van der Waals surface area (Å²) in [6, 6.07) is 1.44. The summed E-state index contributed by atoms with van der Waals surface area (Å²) >= 11 is 0. The van der Waals surface area contributed by atoms with E-state index in [4.69, 9.17) is 15.6 Å². The number of pyridine rings is 1. The lowest BCUT2D eigenvalue weighted by Crippen LogP contribution is -2.14. The van der Waals surface area contributed by atoms with Crippen LogP contribution in [0.25, 0.3) is 0 Å². The van der Waals surface area contributed by atoms with E-state index >= 15 is 0 Å². The molecule has 6 heteroatoms. The number of aromatic carboxylic acids is 1. The minimum atomic E-state index is -1.20. The van der Waals surface area contributed by atoms with E-state index in [0.29, 0.717) is 5.56 Å². The third-order valence-electron chi connectivity index (χ3n) is 1.92. The molecule has 1 aromatic rings. The predicted molar refractivity (Wildman–Crippen MR) is 55.9 cm³/mol. The zero-order chi connectivity index (χ0) is 12.1. The minimum Gasteiger partial charge on any atom is -0.478 e. The molecule has 0 aliphatic heterocycles. The molecule has 1 aromatic heterocycles. The maximum atomic E-state index is 11.2. The Balaban J connectivity index is 3.00. The van der Waals surface area contributed by atoms with Crippen molar-refractivity contribution in [3.05, 3.63) is 23.4 Å². The Morgan fingerprint density at radius 3 is 2.81 bits per heavy atom. The van der Waals surface area contributed by atoms with Gasteiger partial charge in [0.15, 0.2) is 0 Å². The van der Waals surface area contributed by atoms with Crippen molar-refractivity contribution in [3.8, 4) is 0 Å². The fourth-order valence-electron chi connectivity index (χ4n) is 1.28. The number of hydrogen-bond donors (Lipinski definition) is 2. The van der Waals surface area contributed by atoms with Gasteiger partial charge >= 0.3 is 11.9 Å². The molecule has 6 nitrogen and oxygen atoms in total. The topological polar surface area (TPSA) is 103 Å². The standard InChI is InChI=1S/C10H12N2O4/c1-2-16-7(13)5-6-3-4-12-9(11)8(6)10(14)15/h3-4H,2,5H2,1H3,(H2,11,12)(H,14,15). The van der Waals surface area contributed by atoms with Crippen LogP contribution in [0.15, 0.2) is 12.3 Å². The zero-order valence-electron chi connectivity index (χ0n) is 8.77. The second-order valence-corrected chi connectivity index (χ2v) is 3.02. The molecule has 0 fully saturated rings. The molecule has 0 radical (unpaired) electrons. The van der Waals surface area contributed by atoms with Crippen molar-refractivity contribution in [3.63, 3.8) is 0 Å². The molecule has 16 heavy (non-hydrogen) atoms. The van der Waals surface area contributed by atoms with Gasteiger partial charge in [0, 0.05) is 6.20 Å². The molecule has 1 rings (SSSR count). The van der Waals surface area contributed by atoms with Gasteiger partial charge in [-0.1, -0.05) is 0 Å². The van der Waals surface area contributed by atoms with Crippen LogP contribution in [0.2, 0.25) is 0 Å². The molecule has 86 valence electrons. The number of nitrogens with zero attached hydrogens (tertiary/aromatic N) is 1. The number of esters is 1. The Kier molecular flexibility index (Phi) is 3.82. The molecule has 0 aromatic carbocycles. The number of carboxylic acids is 1. The molecule has 0 saturated heterocycles. The van der Waals surface area contributed by atoms with Crippen molar-refractivity contribution < 1.29 is 19.4 Å². The normalized spacial score (nSPS) is 9.81. The van der Waals surface area contributed by atoms with Crippen LogP contribution in [-0.2, 0) is 16.0 Å². The summed E-state index contributed by atoms with van der Waals surface area (Å²) in [6.45, 7) is 1.93. The number of ether oxygens (including phenoxy) is 1. The molecule has 0 unspecified atom stereocenters. The first-order valence-electron chi connectivity index (χ1n) is 4.68. The summed E-state index contributed by atoms with van der Waals surface area (Å²) in [5, 5.41) is 8.92. The largest absolute Gasteiger partial charge is 0.478 e. The Morgan fingerprint density at radius 1 is 1.56 bits per heavy atom. The summed E-state index contributed by atoms with van der Waals surface area (Å²) in [7, 11) is 0. The van der Waals surface area contributed by atoms with Gasteiger partial charge in [0.05, 0.1) is 13.0 Å². The number of aromatic nitrogens is 1. The number of nitrogen functional groups attached to an aromatic ring is 1. The molecule has 3 N–H and O–H groups in total. The van der Waals surface area contributed by atoms with Crippen molar-refractivity contribution >= 4 is 17.8 Å². The summed E-state index contributed by atoms with van der Waals surface area (Å²) in [5.41, 5.74) is 5.59. The van der Waals surface area contributed by atoms with E-state index in [9.17, 15) is 9.59 Å². The average Bonchev–Trinajstić information content (AvgIpc) is 2.17. The lowest BCUT2D eigenvalue weighted by atomic mass is 10.1. The highest BCUT2D eigenvalue weighted by Crippen LogP contribution is 2.15. The average molecular weight is 224 g/mol. The lowest BCUT2D eigenvalue weighted by molar-refractivity contribution is -0.142. The molecule has 0 amide bonds. The quantitative estimate of drug-likeness (QED) is 0.720. The van der Waals surface area contributed by atoms with Crippen LogP contribution in [0.3, 0.4) is 0 Å². The van der Waals surface area contributed by atoms with Crippen LogP contribution in [-0.4, -0.2) is 28.6 Å². The first kappa shape index (κ1) is 12.0. The SMILES string of the molecule is CCOC(=O)Cc1ccnc(N)c1C(=O)O. The first-order chi connectivity index (χ1) is 7.56. The molecule has 0 aliphatic rings. The van der Waals surface area contributed by atoms with Crippen molar-refractivity contribution in [2.24, 2.45) is 0 Å². The Morgan fingerprint density at radius 2 is 2.25 bits per heavy atom. The lowest BCUT2D eigenvalue weighted by Gasteiger charge is -2.07. The predicted octanol–water partition coefficient (Wildman–Crippen LogP) is 0.468. The van der Waals surface area contributed by atoms with Crippen LogP contribution in [0.5, 0.6) is 0 Å². The highest BCUT2D eigenvalue weighted by molar-refractivity contribution is 5.95. The van der Waals surface area contributed by atoms with Gasteiger partial charge in [0.25, 0.3) is 0 Å².